The summed E-state index contributed by atoms with van der Waals surface area (Å²) in [5.74, 6) is -1.13. The first-order chi connectivity index (χ1) is 13.1. The van der Waals surface area contributed by atoms with Crippen molar-refractivity contribution in [3.8, 4) is 0 Å². The second-order valence-electron chi connectivity index (χ2n) is 7.36. The second kappa shape index (κ2) is 7.56. The standard InChI is InChI=1S/C20H23F4N3O/c1-12(8-9-14-6-4-5-7-16(14)20(22,23)24)27(15-10-11-15)19(28)17-13(2)25-26(3)18(17)21/h4-7,12,15H,8-11H2,1-3H3. The summed E-state index contributed by atoms with van der Waals surface area (Å²) in [7, 11) is 1.43. The molecule has 2 aromatic rings. The number of alkyl halides is 3. The van der Waals surface area contributed by atoms with Crippen LogP contribution in [0, 0.1) is 12.9 Å². The lowest BCUT2D eigenvalue weighted by atomic mass is 9.99. The quantitative estimate of drug-likeness (QED) is 0.673. The topological polar surface area (TPSA) is 38.1 Å². The van der Waals surface area contributed by atoms with Gasteiger partial charge in [0, 0.05) is 19.1 Å². The van der Waals surface area contributed by atoms with Crippen LogP contribution < -0.4 is 0 Å². The van der Waals surface area contributed by atoms with E-state index in [1.165, 1.54) is 19.2 Å². The fourth-order valence-corrected chi connectivity index (χ4v) is 3.60. The number of nitrogens with zero attached hydrogens (tertiary/aromatic N) is 3. The first-order valence-electron chi connectivity index (χ1n) is 9.28. The number of aryl methyl sites for hydroxylation is 3. The van der Waals surface area contributed by atoms with Gasteiger partial charge in [-0.1, -0.05) is 18.2 Å². The number of carbonyl (C=O) groups is 1. The normalized spacial score (nSPS) is 15.5. The third-order valence-corrected chi connectivity index (χ3v) is 5.17. The molecule has 1 heterocycles. The molecular formula is C20H23F4N3O. The summed E-state index contributed by atoms with van der Waals surface area (Å²) in [6, 6.07) is 5.15. The zero-order valence-electron chi connectivity index (χ0n) is 16.1. The highest BCUT2D eigenvalue weighted by atomic mass is 19.4. The molecule has 152 valence electrons. The van der Waals surface area contributed by atoms with E-state index in [2.05, 4.69) is 5.10 Å². The molecule has 0 radical (unpaired) electrons. The average Bonchev–Trinajstić information content (AvgIpc) is 3.40. The Kier molecular flexibility index (Phi) is 5.50. The third kappa shape index (κ3) is 4.05. The number of halogens is 4. The zero-order valence-corrected chi connectivity index (χ0v) is 16.1. The maximum Gasteiger partial charge on any atom is 0.416 e. The van der Waals surface area contributed by atoms with Gasteiger partial charge in [0.15, 0.2) is 0 Å². The largest absolute Gasteiger partial charge is 0.416 e. The smallest absolute Gasteiger partial charge is 0.333 e. The van der Waals surface area contributed by atoms with E-state index >= 15 is 0 Å². The Labute approximate surface area is 161 Å². The zero-order chi connectivity index (χ0) is 20.6. The van der Waals surface area contributed by atoms with Crippen molar-refractivity contribution >= 4 is 5.91 Å². The van der Waals surface area contributed by atoms with E-state index in [1.54, 1.807) is 24.8 Å². The molecule has 0 saturated heterocycles. The van der Waals surface area contributed by atoms with E-state index in [4.69, 9.17) is 0 Å². The summed E-state index contributed by atoms with van der Waals surface area (Å²) < 4.78 is 55.0. The first kappa shape index (κ1) is 20.4. The summed E-state index contributed by atoms with van der Waals surface area (Å²) in [6.07, 6.45) is -2.24. The third-order valence-electron chi connectivity index (χ3n) is 5.17. The van der Waals surface area contributed by atoms with Gasteiger partial charge in [0.2, 0.25) is 5.95 Å². The molecule has 1 aliphatic carbocycles. The van der Waals surface area contributed by atoms with Crippen molar-refractivity contribution in [2.75, 3.05) is 0 Å². The predicted octanol–water partition coefficient (Wildman–Crippen LogP) is 4.51. The van der Waals surface area contributed by atoms with Crippen LogP contribution in [0.25, 0.3) is 0 Å². The van der Waals surface area contributed by atoms with Gasteiger partial charge in [-0.15, -0.1) is 0 Å². The Balaban J connectivity index is 1.78. The fourth-order valence-electron chi connectivity index (χ4n) is 3.60. The Hall–Kier alpha value is -2.38. The molecule has 1 aromatic heterocycles. The molecule has 1 atom stereocenters. The highest BCUT2D eigenvalue weighted by molar-refractivity contribution is 5.96. The number of rotatable bonds is 6. The summed E-state index contributed by atoms with van der Waals surface area (Å²) in [5.41, 5.74) is -0.198. The van der Waals surface area contributed by atoms with E-state index in [-0.39, 0.29) is 29.6 Å². The van der Waals surface area contributed by atoms with Crippen LogP contribution in [0.5, 0.6) is 0 Å². The molecule has 4 nitrogen and oxygen atoms in total. The van der Waals surface area contributed by atoms with Gasteiger partial charge in [0.05, 0.1) is 11.3 Å². The number of aromatic nitrogens is 2. The highest BCUT2D eigenvalue weighted by Crippen LogP contribution is 2.35. The van der Waals surface area contributed by atoms with Crippen LogP contribution in [0.3, 0.4) is 0 Å². The molecular weight excluding hydrogens is 374 g/mol. The molecule has 28 heavy (non-hydrogen) atoms. The summed E-state index contributed by atoms with van der Waals surface area (Å²) in [6.45, 7) is 3.38. The van der Waals surface area contributed by atoms with E-state index in [0.717, 1.165) is 23.6 Å². The van der Waals surface area contributed by atoms with Crippen molar-refractivity contribution in [3.63, 3.8) is 0 Å². The fraction of sp³-hybridized carbons (Fsp3) is 0.500. The molecule has 0 aliphatic heterocycles. The second-order valence-corrected chi connectivity index (χ2v) is 7.36. The summed E-state index contributed by atoms with van der Waals surface area (Å²) >= 11 is 0. The number of hydrogen-bond donors (Lipinski definition) is 0. The van der Waals surface area contributed by atoms with E-state index in [0.29, 0.717) is 12.1 Å². The van der Waals surface area contributed by atoms with E-state index < -0.39 is 23.6 Å². The Morgan fingerprint density at radius 1 is 1.32 bits per heavy atom. The number of amides is 1. The minimum Gasteiger partial charge on any atom is -0.333 e. The van der Waals surface area contributed by atoms with Crippen LogP contribution in [0.1, 0.15) is 53.4 Å². The Morgan fingerprint density at radius 3 is 2.50 bits per heavy atom. The monoisotopic (exact) mass is 397 g/mol. The van der Waals surface area contributed by atoms with Gasteiger partial charge in [-0.3, -0.25) is 4.79 Å². The van der Waals surface area contributed by atoms with Crippen LogP contribution >= 0.6 is 0 Å². The molecule has 0 spiro atoms. The molecule has 0 bridgehead atoms. The highest BCUT2D eigenvalue weighted by Gasteiger charge is 2.39. The van der Waals surface area contributed by atoms with Crippen LogP contribution in [0.2, 0.25) is 0 Å². The lowest BCUT2D eigenvalue weighted by Gasteiger charge is -2.29. The Bertz CT molecular complexity index is 871. The predicted molar refractivity (Wildman–Crippen MR) is 96.3 cm³/mol. The van der Waals surface area contributed by atoms with Crippen LogP contribution in [0.4, 0.5) is 17.6 Å². The minimum absolute atomic E-state index is 0.000587. The average molecular weight is 397 g/mol. The molecule has 1 unspecified atom stereocenters. The lowest BCUT2D eigenvalue weighted by molar-refractivity contribution is -0.138. The molecule has 1 aromatic carbocycles. The lowest BCUT2D eigenvalue weighted by Crippen LogP contribution is -2.41. The van der Waals surface area contributed by atoms with Crippen molar-refractivity contribution < 1.29 is 22.4 Å². The van der Waals surface area contributed by atoms with Gasteiger partial charge in [-0.05, 0) is 51.2 Å². The Morgan fingerprint density at radius 2 is 1.96 bits per heavy atom. The number of hydrogen-bond acceptors (Lipinski definition) is 2. The first-order valence-corrected chi connectivity index (χ1v) is 9.28. The molecule has 1 amide bonds. The van der Waals surface area contributed by atoms with Crippen molar-refractivity contribution in [2.45, 2.75) is 57.8 Å². The van der Waals surface area contributed by atoms with Crippen molar-refractivity contribution in [1.82, 2.24) is 14.7 Å². The van der Waals surface area contributed by atoms with Crippen molar-refractivity contribution in [1.29, 1.82) is 0 Å². The maximum absolute atomic E-state index is 14.3. The van der Waals surface area contributed by atoms with Crippen LogP contribution in [0.15, 0.2) is 24.3 Å². The van der Waals surface area contributed by atoms with Gasteiger partial charge >= 0.3 is 6.18 Å². The van der Waals surface area contributed by atoms with Crippen LogP contribution in [-0.4, -0.2) is 32.7 Å². The van der Waals surface area contributed by atoms with Crippen LogP contribution in [-0.2, 0) is 19.6 Å². The van der Waals surface area contributed by atoms with Crippen molar-refractivity contribution in [2.24, 2.45) is 7.05 Å². The van der Waals surface area contributed by atoms with E-state index in [1.807, 2.05) is 0 Å². The van der Waals surface area contributed by atoms with Crippen molar-refractivity contribution in [3.05, 3.63) is 52.6 Å². The summed E-state index contributed by atoms with van der Waals surface area (Å²) in [4.78, 5) is 14.6. The van der Waals surface area contributed by atoms with E-state index in [9.17, 15) is 22.4 Å². The van der Waals surface area contributed by atoms with Gasteiger partial charge < -0.3 is 4.90 Å². The van der Waals surface area contributed by atoms with Gasteiger partial charge in [-0.2, -0.15) is 22.7 Å². The molecule has 3 rings (SSSR count). The molecule has 1 saturated carbocycles. The number of benzene rings is 1. The maximum atomic E-state index is 14.3. The summed E-state index contributed by atoms with van der Waals surface area (Å²) in [5, 5.41) is 3.95. The molecule has 1 aliphatic rings. The molecule has 1 fully saturated rings. The number of carbonyl (C=O) groups excluding carboxylic acids is 1. The molecule has 0 N–H and O–H groups in total. The minimum atomic E-state index is -4.41. The van der Waals surface area contributed by atoms with Gasteiger partial charge in [-0.25, -0.2) is 4.68 Å². The van der Waals surface area contributed by atoms with Gasteiger partial charge in [0.1, 0.15) is 5.56 Å². The van der Waals surface area contributed by atoms with Gasteiger partial charge in [0.25, 0.3) is 5.91 Å². The molecule has 8 heteroatoms. The SMILES string of the molecule is Cc1nn(C)c(F)c1C(=O)N(C(C)CCc1ccccc1C(F)(F)F)C1CC1.